The zero-order valence-corrected chi connectivity index (χ0v) is 9.10. The van der Waals surface area contributed by atoms with Gasteiger partial charge in [0.15, 0.2) is 0 Å². The minimum atomic E-state index is -0.133. The zero-order valence-electron chi connectivity index (χ0n) is 7.51. The number of hydrogen-bond donors (Lipinski definition) is 0. The van der Waals surface area contributed by atoms with Crippen molar-refractivity contribution in [3.05, 3.63) is 33.8 Å². The predicted molar refractivity (Wildman–Crippen MR) is 55.9 cm³/mol. The molecule has 0 spiro atoms. The van der Waals surface area contributed by atoms with Crippen LogP contribution in [-0.2, 0) is 10.2 Å². The molecule has 1 saturated carbocycles. The SMILES string of the molecule is Cc1cc(C2(C=O)CC2)ccc1Br. The van der Waals surface area contributed by atoms with Crippen molar-refractivity contribution in [2.45, 2.75) is 25.2 Å². The van der Waals surface area contributed by atoms with Gasteiger partial charge in [0.1, 0.15) is 6.29 Å². The largest absolute Gasteiger partial charge is 0.302 e. The summed E-state index contributed by atoms with van der Waals surface area (Å²) in [6, 6.07) is 6.16. The van der Waals surface area contributed by atoms with E-state index in [4.69, 9.17) is 0 Å². The van der Waals surface area contributed by atoms with Gasteiger partial charge in [-0.15, -0.1) is 0 Å². The van der Waals surface area contributed by atoms with Gasteiger partial charge >= 0.3 is 0 Å². The molecule has 2 heteroatoms. The zero-order chi connectivity index (χ0) is 9.47. The Labute approximate surface area is 86.3 Å². The first-order valence-corrected chi connectivity index (χ1v) is 5.20. The molecule has 0 unspecified atom stereocenters. The van der Waals surface area contributed by atoms with Gasteiger partial charge in [-0.2, -0.15) is 0 Å². The lowest BCUT2D eigenvalue weighted by Crippen LogP contribution is -2.07. The number of rotatable bonds is 2. The first-order valence-electron chi connectivity index (χ1n) is 4.41. The van der Waals surface area contributed by atoms with Crippen LogP contribution in [0.4, 0.5) is 0 Å². The van der Waals surface area contributed by atoms with Crippen molar-refractivity contribution in [1.82, 2.24) is 0 Å². The Morgan fingerprint density at radius 1 is 1.46 bits per heavy atom. The average Bonchev–Trinajstić information content (AvgIpc) is 2.90. The van der Waals surface area contributed by atoms with Crippen LogP contribution in [0.2, 0.25) is 0 Å². The van der Waals surface area contributed by atoms with E-state index < -0.39 is 0 Å². The Morgan fingerprint density at radius 2 is 2.15 bits per heavy atom. The van der Waals surface area contributed by atoms with Crippen molar-refractivity contribution < 1.29 is 4.79 Å². The molecule has 0 N–H and O–H groups in total. The molecule has 1 aliphatic carbocycles. The molecule has 13 heavy (non-hydrogen) atoms. The maximum Gasteiger partial charge on any atom is 0.130 e. The maximum absolute atomic E-state index is 10.9. The lowest BCUT2D eigenvalue weighted by molar-refractivity contribution is -0.109. The predicted octanol–water partition coefficient (Wildman–Crippen LogP) is 2.99. The smallest absolute Gasteiger partial charge is 0.130 e. The third-order valence-electron chi connectivity index (χ3n) is 2.75. The highest BCUT2D eigenvalue weighted by molar-refractivity contribution is 9.10. The standard InChI is InChI=1S/C11H11BrO/c1-8-6-9(2-3-10(8)12)11(7-13)4-5-11/h2-3,6-7H,4-5H2,1H3. The second-order valence-corrected chi connectivity index (χ2v) is 4.59. The second-order valence-electron chi connectivity index (χ2n) is 3.74. The molecule has 0 aliphatic heterocycles. The fourth-order valence-corrected chi connectivity index (χ4v) is 1.81. The average molecular weight is 239 g/mol. The van der Waals surface area contributed by atoms with E-state index in [1.807, 2.05) is 12.1 Å². The Kier molecular flexibility index (Phi) is 2.03. The van der Waals surface area contributed by atoms with Gasteiger partial charge in [-0.25, -0.2) is 0 Å². The first kappa shape index (κ1) is 8.95. The van der Waals surface area contributed by atoms with Crippen LogP contribution < -0.4 is 0 Å². The Hall–Kier alpha value is -0.630. The van der Waals surface area contributed by atoms with Crippen LogP contribution in [0.1, 0.15) is 24.0 Å². The van der Waals surface area contributed by atoms with Crippen LogP contribution in [0.25, 0.3) is 0 Å². The molecule has 0 atom stereocenters. The third kappa shape index (κ3) is 1.44. The number of carbonyl (C=O) groups is 1. The van der Waals surface area contributed by atoms with Gasteiger partial charge in [0.2, 0.25) is 0 Å². The van der Waals surface area contributed by atoms with Crippen molar-refractivity contribution in [1.29, 1.82) is 0 Å². The highest BCUT2D eigenvalue weighted by Crippen LogP contribution is 2.46. The highest BCUT2D eigenvalue weighted by atomic mass is 79.9. The number of hydrogen-bond acceptors (Lipinski definition) is 1. The van der Waals surface area contributed by atoms with Crippen molar-refractivity contribution in [2.75, 3.05) is 0 Å². The molecule has 1 nitrogen and oxygen atoms in total. The quantitative estimate of drug-likeness (QED) is 0.725. The van der Waals surface area contributed by atoms with Gasteiger partial charge in [0.25, 0.3) is 0 Å². The fraction of sp³-hybridized carbons (Fsp3) is 0.364. The number of halogens is 1. The fourth-order valence-electron chi connectivity index (χ4n) is 1.56. The van der Waals surface area contributed by atoms with Gasteiger partial charge < -0.3 is 4.79 Å². The summed E-state index contributed by atoms with van der Waals surface area (Å²) in [6.45, 7) is 2.05. The summed E-state index contributed by atoms with van der Waals surface area (Å²) in [6.07, 6.45) is 3.12. The van der Waals surface area contributed by atoms with Crippen molar-refractivity contribution in [3.63, 3.8) is 0 Å². The van der Waals surface area contributed by atoms with Crippen molar-refractivity contribution >= 4 is 22.2 Å². The molecule has 1 aliphatic rings. The van der Waals surface area contributed by atoms with Crippen LogP contribution in [0.15, 0.2) is 22.7 Å². The van der Waals surface area contributed by atoms with Crippen LogP contribution in [0.3, 0.4) is 0 Å². The van der Waals surface area contributed by atoms with E-state index in [1.165, 1.54) is 11.1 Å². The molecule has 1 fully saturated rings. The summed E-state index contributed by atoms with van der Waals surface area (Å²) < 4.78 is 1.11. The summed E-state index contributed by atoms with van der Waals surface area (Å²) in [7, 11) is 0. The molecule has 0 saturated heterocycles. The van der Waals surface area contributed by atoms with Gasteiger partial charge in [-0.05, 0) is 37.0 Å². The summed E-state index contributed by atoms with van der Waals surface area (Å²) >= 11 is 3.45. The van der Waals surface area contributed by atoms with E-state index in [9.17, 15) is 4.79 Å². The van der Waals surface area contributed by atoms with E-state index in [-0.39, 0.29) is 5.41 Å². The molecular formula is C11H11BrO. The molecule has 0 amide bonds. The third-order valence-corrected chi connectivity index (χ3v) is 3.64. The summed E-state index contributed by atoms with van der Waals surface area (Å²) in [5, 5.41) is 0. The topological polar surface area (TPSA) is 17.1 Å². The molecule has 0 aromatic heterocycles. The van der Waals surface area contributed by atoms with Gasteiger partial charge in [0.05, 0.1) is 5.41 Å². The number of carbonyl (C=O) groups excluding carboxylic acids is 1. The molecule has 0 bridgehead atoms. The van der Waals surface area contributed by atoms with Gasteiger partial charge in [-0.3, -0.25) is 0 Å². The summed E-state index contributed by atoms with van der Waals surface area (Å²) in [4.78, 5) is 10.9. The Morgan fingerprint density at radius 3 is 2.62 bits per heavy atom. The van der Waals surface area contributed by atoms with Crippen LogP contribution in [-0.4, -0.2) is 6.29 Å². The van der Waals surface area contributed by atoms with Crippen molar-refractivity contribution in [2.24, 2.45) is 0 Å². The Balaban J connectivity index is 2.42. The van der Waals surface area contributed by atoms with E-state index in [2.05, 4.69) is 28.9 Å². The van der Waals surface area contributed by atoms with E-state index in [1.54, 1.807) is 0 Å². The number of benzene rings is 1. The van der Waals surface area contributed by atoms with E-state index in [0.29, 0.717) is 0 Å². The second kappa shape index (κ2) is 2.95. The number of aryl methyl sites for hydroxylation is 1. The molecular weight excluding hydrogens is 228 g/mol. The molecule has 0 radical (unpaired) electrons. The molecule has 1 aromatic rings. The molecule has 1 aromatic carbocycles. The first-order chi connectivity index (χ1) is 6.18. The summed E-state index contributed by atoms with van der Waals surface area (Å²) in [5.41, 5.74) is 2.24. The van der Waals surface area contributed by atoms with Crippen molar-refractivity contribution in [3.8, 4) is 0 Å². The maximum atomic E-state index is 10.9. The van der Waals surface area contributed by atoms with Crippen LogP contribution in [0, 0.1) is 6.92 Å². The minimum Gasteiger partial charge on any atom is -0.302 e. The van der Waals surface area contributed by atoms with Gasteiger partial charge in [-0.1, -0.05) is 28.1 Å². The lowest BCUT2D eigenvalue weighted by Gasteiger charge is -2.08. The normalized spacial score (nSPS) is 18.3. The molecule has 68 valence electrons. The highest BCUT2D eigenvalue weighted by Gasteiger charge is 2.44. The van der Waals surface area contributed by atoms with Crippen LogP contribution in [0.5, 0.6) is 0 Å². The number of aldehydes is 1. The van der Waals surface area contributed by atoms with Crippen LogP contribution >= 0.6 is 15.9 Å². The summed E-state index contributed by atoms with van der Waals surface area (Å²) in [5.74, 6) is 0. The molecule has 0 heterocycles. The molecule has 2 rings (SSSR count). The lowest BCUT2D eigenvalue weighted by atomic mass is 9.96. The Bertz CT molecular complexity index is 353. The minimum absolute atomic E-state index is 0.133. The van der Waals surface area contributed by atoms with E-state index in [0.717, 1.165) is 23.6 Å². The van der Waals surface area contributed by atoms with Gasteiger partial charge in [0, 0.05) is 4.47 Å². The van der Waals surface area contributed by atoms with E-state index >= 15 is 0 Å². The monoisotopic (exact) mass is 238 g/mol.